The van der Waals surface area contributed by atoms with Crippen molar-refractivity contribution < 1.29 is 10.2 Å². The normalized spacial score (nSPS) is 13.3. The minimum absolute atomic E-state index is 0.114. The second-order valence-electron chi connectivity index (χ2n) is 8.51. The maximum absolute atomic E-state index is 9.28. The molecule has 3 heterocycles. The van der Waals surface area contributed by atoms with E-state index in [4.69, 9.17) is 10.1 Å². The maximum atomic E-state index is 9.28. The Morgan fingerprint density at radius 3 is 2.63 bits per heavy atom. The monoisotopic (exact) mass is 412 g/mol. The van der Waals surface area contributed by atoms with Gasteiger partial charge in [-0.05, 0) is 57.7 Å². The number of rotatable bonds is 9. The van der Waals surface area contributed by atoms with E-state index in [9.17, 15) is 5.11 Å². The molecule has 0 spiro atoms. The molecular formula is C22H32N6O2. The Morgan fingerprint density at radius 2 is 1.90 bits per heavy atom. The Kier molecular flexibility index (Phi) is 7.23. The molecule has 0 saturated carbocycles. The highest BCUT2D eigenvalue weighted by Gasteiger charge is 2.20. The van der Waals surface area contributed by atoms with Crippen molar-refractivity contribution in [3.63, 3.8) is 0 Å². The van der Waals surface area contributed by atoms with Gasteiger partial charge in [0.05, 0.1) is 6.61 Å². The van der Waals surface area contributed by atoms with Gasteiger partial charge in [0.2, 0.25) is 0 Å². The molecule has 0 radical (unpaired) electrons. The summed E-state index contributed by atoms with van der Waals surface area (Å²) in [5, 5.41) is 25.1. The van der Waals surface area contributed by atoms with Gasteiger partial charge >= 0.3 is 0 Å². The molecular weight excluding hydrogens is 380 g/mol. The Morgan fingerprint density at radius 1 is 1.07 bits per heavy atom. The number of aliphatic hydroxyl groups is 2. The van der Waals surface area contributed by atoms with Gasteiger partial charge in [-0.15, -0.1) is 0 Å². The molecule has 0 fully saturated rings. The van der Waals surface area contributed by atoms with Gasteiger partial charge in [-0.2, -0.15) is 0 Å². The summed E-state index contributed by atoms with van der Waals surface area (Å²) in [6.07, 6.45) is 8.06. The molecule has 2 aromatic rings. The number of hydrogen-bond donors (Lipinski definition) is 4. The van der Waals surface area contributed by atoms with Crippen LogP contribution < -0.4 is 10.6 Å². The average Bonchev–Trinajstić information content (AvgIpc) is 2.68. The standard InChI is InChI=1S/C22H32N6O2/c1-22(2,3)27-21-18-14-28(9-11-30)8-7-16(18)12-20(26-21)25-19-13-17(23-15-24-19)6-4-5-10-29/h7-8,12-13,15,29-30H,4-6,9-11,14H2,1-3H3,(H2,23,24,25,26,27). The van der Waals surface area contributed by atoms with Gasteiger partial charge in [-0.1, -0.05) is 0 Å². The van der Waals surface area contributed by atoms with E-state index in [1.54, 1.807) is 6.33 Å². The van der Waals surface area contributed by atoms with Crippen LogP contribution in [0.4, 0.5) is 17.5 Å². The lowest BCUT2D eigenvalue weighted by atomic mass is 10.0. The highest BCUT2D eigenvalue weighted by molar-refractivity contribution is 5.69. The summed E-state index contributed by atoms with van der Waals surface area (Å²) >= 11 is 0. The Hall–Kier alpha value is -2.71. The fourth-order valence-electron chi connectivity index (χ4n) is 3.30. The summed E-state index contributed by atoms with van der Waals surface area (Å²) in [5.74, 6) is 2.23. The summed E-state index contributed by atoms with van der Waals surface area (Å²) < 4.78 is 0. The van der Waals surface area contributed by atoms with Crippen molar-refractivity contribution in [2.24, 2.45) is 0 Å². The molecule has 30 heavy (non-hydrogen) atoms. The minimum atomic E-state index is -0.142. The fraction of sp³-hybridized carbons (Fsp3) is 0.500. The summed E-state index contributed by atoms with van der Waals surface area (Å²) in [4.78, 5) is 15.5. The Balaban J connectivity index is 1.86. The molecule has 0 amide bonds. The average molecular weight is 413 g/mol. The number of fused-ring (bicyclic) bond motifs is 1. The van der Waals surface area contributed by atoms with Crippen LogP contribution in [-0.2, 0) is 13.0 Å². The lowest BCUT2D eigenvalue weighted by Crippen LogP contribution is -2.30. The lowest BCUT2D eigenvalue weighted by Gasteiger charge is -2.29. The molecule has 4 N–H and O–H groups in total. The predicted octanol–water partition coefficient (Wildman–Crippen LogP) is 2.92. The highest BCUT2D eigenvalue weighted by atomic mass is 16.3. The Bertz CT molecular complexity index is 878. The highest BCUT2D eigenvalue weighted by Crippen LogP contribution is 2.30. The topological polar surface area (TPSA) is 106 Å². The van der Waals surface area contributed by atoms with E-state index in [0.29, 0.717) is 24.7 Å². The summed E-state index contributed by atoms with van der Waals surface area (Å²) in [6, 6.07) is 3.94. The zero-order valence-electron chi connectivity index (χ0n) is 18.0. The molecule has 1 aliphatic rings. The third-order valence-corrected chi connectivity index (χ3v) is 4.69. The van der Waals surface area contributed by atoms with E-state index in [0.717, 1.165) is 41.9 Å². The second kappa shape index (κ2) is 9.86. The molecule has 0 aliphatic carbocycles. The van der Waals surface area contributed by atoms with E-state index >= 15 is 0 Å². The number of nitrogens with one attached hydrogen (secondary N) is 2. The van der Waals surface area contributed by atoms with Gasteiger partial charge in [0, 0.05) is 48.8 Å². The largest absolute Gasteiger partial charge is 0.396 e. The molecule has 0 atom stereocenters. The minimum Gasteiger partial charge on any atom is -0.396 e. The number of anilines is 3. The van der Waals surface area contributed by atoms with Gasteiger partial charge in [-0.3, -0.25) is 0 Å². The van der Waals surface area contributed by atoms with Crippen molar-refractivity contribution in [2.45, 2.75) is 52.1 Å². The van der Waals surface area contributed by atoms with Gasteiger partial charge in [-0.25, -0.2) is 15.0 Å². The van der Waals surface area contributed by atoms with E-state index in [-0.39, 0.29) is 18.8 Å². The zero-order valence-corrected chi connectivity index (χ0v) is 18.0. The van der Waals surface area contributed by atoms with Crippen LogP contribution in [0.1, 0.15) is 50.4 Å². The molecule has 0 unspecified atom stereocenters. The first kappa shape index (κ1) is 22.0. The van der Waals surface area contributed by atoms with Crippen molar-refractivity contribution in [3.8, 4) is 0 Å². The summed E-state index contributed by atoms with van der Waals surface area (Å²) in [5.41, 5.74) is 2.99. The van der Waals surface area contributed by atoms with Crippen LogP contribution in [0, 0.1) is 0 Å². The molecule has 0 bridgehead atoms. The fourth-order valence-corrected chi connectivity index (χ4v) is 3.30. The number of aliphatic hydroxyl groups excluding tert-OH is 2. The van der Waals surface area contributed by atoms with Crippen LogP contribution in [0.2, 0.25) is 0 Å². The third-order valence-electron chi connectivity index (χ3n) is 4.69. The molecule has 2 aromatic heterocycles. The van der Waals surface area contributed by atoms with E-state index in [1.807, 2.05) is 18.3 Å². The molecule has 0 aromatic carbocycles. The van der Waals surface area contributed by atoms with Gasteiger partial charge in [0.25, 0.3) is 0 Å². The van der Waals surface area contributed by atoms with Crippen LogP contribution in [0.25, 0.3) is 6.08 Å². The summed E-state index contributed by atoms with van der Waals surface area (Å²) in [7, 11) is 0. The second-order valence-corrected chi connectivity index (χ2v) is 8.51. The first-order valence-electron chi connectivity index (χ1n) is 10.4. The quantitative estimate of drug-likeness (QED) is 0.466. The van der Waals surface area contributed by atoms with Crippen LogP contribution in [0.15, 0.2) is 24.7 Å². The van der Waals surface area contributed by atoms with Crippen LogP contribution >= 0.6 is 0 Å². The number of aromatic nitrogens is 3. The molecule has 1 aliphatic heterocycles. The predicted molar refractivity (Wildman–Crippen MR) is 119 cm³/mol. The summed E-state index contributed by atoms with van der Waals surface area (Å²) in [6.45, 7) is 7.91. The van der Waals surface area contributed by atoms with Crippen LogP contribution in [0.5, 0.6) is 0 Å². The van der Waals surface area contributed by atoms with Crippen molar-refractivity contribution in [1.82, 2.24) is 19.9 Å². The number of nitrogens with zero attached hydrogens (tertiary/aromatic N) is 4. The molecule has 3 rings (SSSR count). The molecule has 162 valence electrons. The Labute approximate surface area is 178 Å². The molecule has 8 heteroatoms. The number of hydrogen-bond acceptors (Lipinski definition) is 8. The van der Waals surface area contributed by atoms with E-state index in [2.05, 4.69) is 52.3 Å². The van der Waals surface area contributed by atoms with Gasteiger partial charge in [0.15, 0.2) is 0 Å². The maximum Gasteiger partial charge on any atom is 0.135 e. The molecule has 8 nitrogen and oxygen atoms in total. The lowest BCUT2D eigenvalue weighted by molar-refractivity contribution is 0.232. The van der Waals surface area contributed by atoms with E-state index in [1.165, 1.54) is 0 Å². The first-order chi connectivity index (χ1) is 14.4. The first-order valence-corrected chi connectivity index (χ1v) is 10.4. The zero-order chi connectivity index (χ0) is 21.6. The van der Waals surface area contributed by atoms with Crippen LogP contribution in [0.3, 0.4) is 0 Å². The smallest absolute Gasteiger partial charge is 0.135 e. The van der Waals surface area contributed by atoms with Crippen molar-refractivity contribution in [3.05, 3.63) is 41.5 Å². The van der Waals surface area contributed by atoms with E-state index < -0.39 is 0 Å². The van der Waals surface area contributed by atoms with Crippen molar-refractivity contribution in [1.29, 1.82) is 0 Å². The van der Waals surface area contributed by atoms with Crippen LogP contribution in [-0.4, -0.2) is 55.4 Å². The number of β-amino-alcohol motifs (C(OH)–C–C–N with tert-alkyl or cyclic N) is 1. The number of pyridine rings is 1. The number of aryl methyl sites for hydroxylation is 1. The van der Waals surface area contributed by atoms with Gasteiger partial charge in [0.1, 0.15) is 23.8 Å². The SMILES string of the molecule is CC(C)(C)Nc1nc(Nc2cc(CCCCO)ncn2)cc2c1CN(CCO)C=C2. The van der Waals surface area contributed by atoms with Crippen molar-refractivity contribution in [2.75, 3.05) is 30.4 Å². The van der Waals surface area contributed by atoms with Crippen molar-refractivity contribution >= 4 is 23.5 Å². The number of unbranched alkanes of at least 4 members (excludes halogenated alkanes) is 1. The van der Waals surface area contributed by atoms with Gasteiger partial charge < -0.3 is 25.7 Å². The third kappa shape index (κ3) is 6.14. The molecule has 0 saturated heterocycles.